The zero-order valence-electron chi connectivity index (χ0n) is 34.0. The van der Waals surface area contributed by atoms with Crippen LogP contribution in [0.2, 0.25) is 0 Å². The van der Waals surface area contributed by atoms with Crippen molar-refractivity contribution in [1.29, 1.82) is 0 Å². The molecule has 0 bridgehead atoms. The molecule has 0 N–H and O–H groups in total. The van der Waals surface area contributed by atoms with Gasteiger partial charge < -0.3 is 9.80 Å². The van der Waals surface area contributed by atoms with Gasteiger partial charge in [0.2, 0.25) is 0 Å². The summed E-state index contributed by atoms with van der Waals surface area (Å²) in [5, 5.41) is 8.22. The first-order chi connectivity index (χ1) is 30.8. The van der Waals surface area contributed by atoms with E-state index in [1.807, 2.05) is 0 Å². The van der Waals surface area contributed by atoms with Crippen LogP contribution in [0.3, 0.4) is 0 Å². The lowest BCUT2D eigenvalue weighted by Gasteiger charge is -2.45. The van der Waals surface area contributed by atoms with Crippen LogP contribution in [0.4, 0.5) is 34.1 Å². The van der Waals surface area contributed by atoms with Crippen molar-refractivity contribution in [2.24, 2.45) is 0 Å². The molecule has 288 valence electrons. The van der Waals surface area contributed by atoms with Gasteiger partial charge in [-0.2, -0.15) is 0 Å². The predicted molar refractivity (Wildman–Crippen MR) is 266 cm³/mol. The number of fused-ring (bicyclic) bond motifs is 8. The first-order valence-electron chi connectivity index (χ1n) is 21.6. The van der Waals surface area contributed by atoms with Gasteiger partial charge in [0.1, 0.15) is 0 Å². The second-order valence-electron chi connectivity index (χ2n) is 16.8. The van der Waals surface area contributed by atoms with Crippen LogP contribution in [-0.4, -0.2) is 14.8 Å². The molecule has 0 aromatic heterocycles. The van der Waals surface area contributed by atoms with Crippen LogP contribution in [0, 0.1) is 0 Å². The van der Waals surface area contributed by atoms with Crippen LogP contribution in [0.1, 0.15) is 0 Å². The molecule has 0 amide bonds. The Bertz CT molecular complexity index is 3330. The Morgan fingerprint density at radius 2 is 0.871 bits per heavy atom. The highest BCUT2D eigenvalue weighted by Crippen LogP contribution is 2.47. The molecule has 3 aliphatic rings. The Labute approximate surface area is 363 Å². The molecule has 0 aliphatic carbocycles. The van der Waals surface area contributed by atoms with Gasteiger partial charge in [0.15, 0.2) is 8.07 Å². The number of hydrogen-bond acceptors (Lipinski definition) is 2. The van der Waals surface area contributed by atoms with E-state index in [0.29, 0.717) is 0 Å². The fraction of sp³-hybridized carbons (Fsp3) is 0. The molecule has 0 saturated carbocycles. The zero-order chi connectivity index (χ0) is 40.8. The molecule has 2 nitrogen and oxygen atoms in total. The van der Waals surface area contributed by atoms with Crippen molar-refractivity contribution >= 4 is 96.8 Å². The van der Waals surface area contributed by atoms with Gasteiger partial charge in [0, 0.05) is 34.1 Å². The first kappa shape index (κ1) is 35.1. The Morgan fingerprint density at radius 3 is 1.55 bits per heavy atom. The summed E-state index contributed by atoms with van der Waals surface area (Å²) in [5.74, 6) is 0. The van der Waals surface area contributed by atoms with Crippen LogP contribution in [0.25, 0.3) is 33.0 Å². The fourth-order valence-electron chi connectivity index (χ4n) is 11.1. The summed E-state index contributed by atoms with van der Waals surface area (Å²) < 4.78 is 0. The fourth-order valence-corrected chi connectivity index (χ4v) is 16.3. The normalized spacial score (nSPS) is 13.8. The molecule has 0 atom stereocenters. The SMILES string of the molecule is c1ccc(N2c3ccccc3B3c4cc5c(cc4N(c4ccccc4)c4cc(-c6ccc7ccccc7c6)cc2c43)-c2ccccc2[Si]5(c2ccccc2)c2ccccc2)cc1. The lowest BCUT2D eigenvalue weighted by Crippen LogP contribution is -2.73. The number of para-hydroxylation sites is 3. The summed E-state index contributed by atoms with van der Waals surface area (Å²) in [6.07, 6.45) is 0. The van der Waals surface area contributed by atoms with Crippen LogP contribution in [-0.2, 0) is 0 Å². The number of hydrogen-bond donors (Lipinski definition) is 0. The minimum Gasteiger partial charge on any atom is -0.311 e. The summed E-state index contributed by atoms with van der Waals surface area (Å²) >= 11 is 0. The van der Waals surface area contributed by atoms with Gasteiger partial charge in [-0.1, -0.05) is 182 Å². The van der Waals surface area contributed by atoms with Gasteiger partial charge in [0.05, 0.1) is 0 Å². The van der Waals surface area contributed by atoms with E-state index < -0.39 is 8.07 Å². The minimum atomic E-state index is -2.78. The van der Waals surface area contributed by atoms with E-state index in [1.165, 1.54) is 92.9 Å². The number of anilines is 6. The molecule has 13 rings (SSSR count). The largest absolute Gasteiger partial charge is 0.311 e. The summed E-state index contributed by atoms with van der Waals surface area (Å²) in [5.41, 5.74) is 16.2. The molecule has 10 aromatic carbocycles. The monoisotopic (exact) mass is 802 g/mol. The number of rotatable bonds is 5. The average molecular weight is 803 g/mol. The highest BCUT2D eigenvalue weighted by molar-refractivity contribution is 7.22. The van der Waals surface area contributed by atoms with Crippen LogP contribution in [0.5, 0.6) is 0 Å². The highest BCUT2D eigenvalue weighted by atomic mass is 28.3. The highest BCUT2D eigenvalue weighted by Gasteiger charge is 2.51. The van der Waals surface area contributed by atoms with Crippen molar-refractivity contribution in [2.75, 3.05) is 9.80 Å². The quantitative estimate of drug-likeness (QED) is 0.160. The van der Waals surface area contributed by atoms with Crippen molar-refractivity contribution in [3.63, 3.8) is 0 Å². The number of nitrogens with zero attached hydrogens (tertiary/aromatic N) is 2. The molecule has 3 heterocycles. The van der Waals surface area contributed by atoms with E-state index in [2.05, 4.69) is 246 Å². The summed E-state index contributed by atoms with van der Waals surface area (Å²) in [4.78, 5) is 5.08. The van der Waals surface area contributed by atoms with Gasteiger partial charge >= 0.3 is 0 Å². The molecule has 0 spiro atoms. The van der Waals surface area contributed by atoms with E-state index in [-0.39, 0.29) is 6.71 Å². The summed E-state index contributed by atoms with van der Waals surface area (Å²) in [6.45, 7) is -0.0102. The van der Waals surface area contributed by atoms with Crippen molar-refractivity contribution in [1.82, 2.24) is 0 Å². The molecule has 10 aromatic rings. The van der Waals surface area contributed by atoms with Gasteiger partial charge in [0.25, 0.3) is 6.71 Å². The average Bonchev–Trinajstić information content (AvgIpc) is 3.64. The van der Waals surface area contributed by atoms with E-state index >= 15 is 0 Å². The smallest absolute Gasteiger partial charge is 0.252 e. The van der Waals surface area contributed by atoms with Crippen molar-refractivity contribution < 1.29 is 0 Å². The van der Waals surface area contributed by atoms with Gasteiger partial charge in [-0.15, -0.1) is 0 Å². The summed E-state index contributed by atoms with van der Waals surface area (Å²) in [6, 6.07) is 88.9. The maximum atomic E-state index is 2.66. The Morgan fingerprint density at radius 1 is 0.323 bits per heavy atom. The van der Waals surface area contributed by atoms with Crippen LogP contribution in [0.15, 0.2) is 237 Å². The standard InChI is InChI=1S/C58H39BN2Si/c1-5-21-44(22-6-1)60-52-31-17-16-30-50(52)59-51-39-57-49(48-29-15-18-32-56(48)62(57,46-25-9-3-10-26-46)47-27-11-4-12-28-47)38-53(51)61(45-23-7-2-8-24-45)55-37-43(36-54(60)58(55)59)42-34-33-40-19-13-14-20-41(40)35-42/h1-39H. The van der Waals surface area contributed by atoms with E-state index in [1.54, 1.807) is 0 Å². The third-order valence-electron chi connectivity index (χ3n) is 13.7. The van der Waals surface area contributed by atoms with Crippen LogP contribution >= 0.6 is 0 Å². The van der Waals surface area contributed by atoms with E-state index in [0.717, 1.165) is 11.4 Å². The lowest BCUT2D eigenvalue weighted by molar-refractivity contribution is 1.25. The van der Waals surface area contributed by atoms with Gasteiger partial charge in [-0.3, -0.25) is 0 Å². The molecule has 0 radical (unpaired) electrons. The molecular weight excluding hydrogens is 764 g/mol. The molecule has 3 aliphatic heterocycles. The second-order valence-corrected chi connectivity index (χ2v) is 20.5. The first-order valence-corrected chi connectivity index (χ1v) is 23.6. The van der Waals surface area contributed by atoms with Crippen molar-refractivity contribution in [3.05, 3.63) is 237 Å². The molecule has 0 unspecified atom stereocenters. The van der Waals surface area contributed by atoms with Crippen molar-refractivity contribution in [2.45, 2.75) is 0 Å². The number of benzene rings is 10. The summed E-state index contributed by atoms with van der Waals surface area (Å²) in [7, 11) is -2.78. The lowest BCUT2D eigenvalue weighted by atomic mass is 9.33. The Hall–Kier alpha value is -7.66. The zero-order valence-corrected chi connectivity index (χ0v) is 35.0. The Balaban J connectivity index is 1.17. The minimum absolute atomic E-state index is 0.0102. The maximum absolute atomic E-state index is 2.78. The van der Waals surface area contributed by atoms with Crippen LogP contribution < -0.4 is 46.9 Å². The maximum Gasteiger partial charge on any atom is 0.252 e. The molecular formula is C58H39BN2Si. The molecule has 62 heavy (non-hydrogen) atoms. The molecule has 0 saturated heterocycles. The molecule has 0 fully saturated rings. The Kier molecular flexibility index (Phi) is 7.75. The van der Waals surface area contributed by atoms with Gasteiger partial charge in [-0.05, 0) is 125 Å². The molecule has 4 heteroatoms. The van der Waals surface area contributed by atoms with E-state index in [4.69, 9.17) is 0 Å². The third-order valence-corrected chi connectivity index (χ3v) is 18.5. The van der Waals surface area contributed by atoms with E-state index in [9.17, 15) is 0 Å². The third kappa shape index (κ3) is 4.99. The van der Waals surface area contributed by atoms with Crippen molar-refractivity contribution in [3.8, 4) is 22.3 Å². The topological polar surface area (TPSA) is 6.48 Å². The van der Waals surface area contributed by atoms with Gasteiger partial charge in [-0.25, -0.2) is 0 Å². The predicted octanol–water partition coefficient (Wildman–Crippen LogP) is 9.95. The second kappa shape index (κ2) is 13.7.